The van der Waals surface area contributed by atoms with E-state index in [-0.39, 0.29) is 18.1 Å². The Balaban J connectivity index is 1.88. The summed E-state index contributed by atoms with van der Waals surface area (Å²) in [6.07, 6.45) is -1.19. The topological polar surface area (TPSA) is 97.4 Å². The number of amides is 1. The van der Waals surface area contributed by atoms with E-state index in [0.29, 0.717) is 42.4 Å². The second-order valence-electron chi connectivity index (χ2n) is 8.59. The molecule has 1 aromatic heterocycles. The summed E-state index contributed by atoms with van der Waals surface area (Å²) in [5, 5.41) is 8.83. The highest BCUT2D eigenvalue weighted by Crippen LogP contribution is 2.37. The fraction of sp³-hybridized carbons (Fsp3) is 0.276. The quantitative estimate of drug-likeness (QED) is 0.121. The molecular weight excluding hydrogens is 523 g/mol. The summed E-state index contributed by atoms with van der Waals surface area (Å²) in [6, 6.07) is 12.0. The van der Waals surface area contributed by atoms with Crippen LogP contribution in [0.1, 0.15) is 29.7 Å². The highest BCUT2D eigenvalue weighted by molar-refractivity contribution is 5.98. The molecule has 3 N–H and O–H groups in total. The van der Waals surface area contributed by atoms with Gasteiger partial charge < -0.3 is 25.4 Å². The standard InChI is InChI=1S/C29H32F3N5O3/c1-5-20(15-19-9-8-10-21(16-19)35-26(38)6-2)27-23(29(30,31)32)18-34-28(37-27)36-22-11-12-24(25(17-22)39-4)33-13-14-40-7-3/h5-6,8-12,16-18,20,33H,1-2,7,13-15H2,3-4H3,(H,35,38)(H,34,36,37). The van der Waals surface area contributed by atoms with E-state index in [1.54, 1.807) is 42.5 Å². The first-order valence-corrected chi connectivity index (χ1v) is 12.5. The molecule has 0 aliphatic carbocycles. The molecule has 0 saturated carbocycles. The lowest BCUT2D eigenvalue weighted by Gasteiger charge is -2.19. The number of rotatable bonds is 14. The number of carbonyl (C=O) groups excluding carboxylic acids is 1. The van der Waals surface area contributed by atoms with Crippen molar-refractivity contribution in [3.8, 4) is 5.75 Å². The number of allylic oxidation sites excluding steroid dienone is 1. The van der Waals surface area contributed by atoms with Crippen molar-refractivity contribution in [1.82, 2.24) is 9.97 Å². The van der Waals surface area contributed by atoms with Gasteiger partial charge in [0.15, 0.2) is 0 Å². The van der Waals surface area contributed by atoms with Gasteiger partial charge in [0.1, 0.15) is 5.75 Å². The minimum absolute atomic E-state index is 0.0130. The van der Waals surface area contributed by atoms with Crippen LogP contribution in [0.3, 0.4) is 0 Å². The van der Waals surface area contributed by atoms with E-state index in [9.17, 15) is 18.0 Å². The number of methoxy groups -OCH3 is 1. The number of aromatic nitrogens is 2. The Hall–Kier alpha value is -4.38. The van der Waals surface area contributed by atoms with E-state index in [4.69, 9.17) is 9.47 Å². The second-order valence-corrected chi connectivity index (χ2v) is 8.59. The lowest BCUT2D eigenvalue weighted by atomic mass is 9.93. The monoisotopic (exact) mass is 555 g/mol. The van der Waals surface area contributed by atoms with Crippen molar-refractivity contribution in [2.24, 2.45) is 0 Å². The second kappa shape index (κ2) is 14.1. The molecule has 2 aromatic carbocycles. The maximum atomic E-state index is 14.0. The highest BCUT2D eigenvalue weighted by atomic mass is 19.4. The van der Waals surface area contributed by atoms with E-state index in [0.717, 1.165) is 18.0 Å². The maximum Gasteiger partial charge on any atom is 0.419 e. The summed E-state index contributed by atoms with van der Waals surface area (Å²) in [4.78, 5) is 19.8. The van der Waals surface area contributed by atoms with Crippen LogP contribution in [0.25, 0.3) is 0 Å². The SMILES string of the molecule is C=CC(=O)Nc1cccc(CC(C=C)c2nc(Nc3ccc(NCCOCC)c(OC)c3)ncc2C(F)(F)F)c1. The Labute approximate surface area is 231 Å². The predicted octanol–water partition coefficient (Wildman–Crippen LogP) is 6.33. The molecule has 3 aromatic rings. The Bertz CT molecular complexity index is 1330. The lowest BCUT2D eigenvalue weighted by Crippen LogP contribution is -2.16. The molecule has 0 spiro atoms. The first-order valence-electron chi connectivity index (χ1n) is 12.5. The molecule has 0 bridgehead atoms. The third kappa shape index (κ3) is 8.31. The van der Waals surface area contributed by atoms with Crippen LogP contribution >= 0.6 is 0 Å². The largest absolute Gasteiger partial charge is 0.495 e. The smallest absolute Gasteiger partial charge is 0.419 e. The van der Waals surface area contributed by atoms with Crippen LogP contribution in [0.15, 0.2) is 74.0 Å². The van der Waals surface area contributed by atoms with Crippen LogP contribution in [0.4, 0.5) is 36.2 Å². The Morgan fingerprint density at radius 3 is 2.62 bits per heavy atom. The lowest BCUT2D eigenvalue weighted by molar-refractivity contribution is -0.138. The molecule has 40 heavy (non-hydrogen) atoms. The molecule has 1 amide bonds. The zero-order chi connectivity index (χ0) is 29.1. The summed E-state index contributed by atoms with van der Waals surface area (Å²) in [7, 11) is 1.52. The summed E-state index contributed by atoms with van der Waals surface area (Å²) < 4.78 is 52.7. The van der Waals surface area contributed by atoms with Crippen molar-refractivity contribution in [2.75, 3.05) is 42.8 Å². The summed E-state index contributed by atoms with van der Waals surface area (Å²) in [5.41, 5.74) is 1.27. The molecule has 1 unspecified atom stereocenters. The molecule has 0 aliphatic heterocycles. The Morgan fingerprint density at radius 2 is 1.95 bits per heavy atom. The summed E-state index contributed by atoms with van der Waals surface area (Å²) >= 11 is 0. The normalized spacial score (nSPS) is 11.8. The number of ether oxygens (including phenoxy) is 2. The third-order valence-corrected chi connectivity index (χ3v) is 5.82. The van der Waals surface area contributed by atoms with E-state index >= 15 is 0 Å². The molecule has 0 radical (unpaired) electrons. The van der Waals surface area contributed by atoms with E-state index in [1.807, 2.05) is 6.92 Å². The van der Waals surface area contributed by atoms with Crippen LogP contribution in [-0.2, 0) is 22.1 Å². The number of halogens is 3. The van der Waals surface area contributed by atoms with Crippen LogP contribution in [-0.4, -0.2) is 42.7 Å². The minimum Gasteiger partial charge on any atom is -0.495 e. The average molecular weight is 556 g/mol. The molecular formula is C29H32F3N5O3. The van der Waals surface area contributed by atoms with Gasteiger partial charge in [-0.3, -0.25) is 4.79 Å². The van der Waals surface area contributed by atoms with Gasteiger partial charge >= 0.3 is 6.18 Å². The van der Waals surface area contributed by atoms with Gasteiger partial charge in [0.25, 0.3) is 0 Å². The van der Waals surface area contributed by atoms with Crippen molar-refractivity contribution >= 4 is 28.9 Å². The molecule has 0 aliphatic rings. The Morgan fingerprint density at radius 1 is 1.15 bits per heavy atom. The first-order chi connectivity index (χ1) is 19.2. The zero-order valence-electron chi connectivity index (χ0n) is 22.3. The molecule has 1 heterocycles. The maximum absolute atomic E-state index is 14.0. The summed E-state index contributed by atoms with van der Waals surface area (Å²) in [6.45, 7) is 10.8. The number of alkyl halides is 3. The van der Waals surface area contributed by atoms with Gasteiger partial charge in [-0.2, -0.15) is 13.2 Å². The fourth-order valence-electron chi connectivity index (χ4n) is 3.92. The van der Waals surface area contributed by atoms with Gasteiger partial charge in [-0.05, 0) is 49.2 Å². The van der Waals surface area contributed by atoms with Gasteiger partial charge in [0.05, 0.1) is 30.7 Å². The fourth-order valence-corrected chi connectivity index (χ4v) is 3.92. The first kappa shape index (κ1) is 30.2. The summed E-state index contributed by atoms with van der Waals surface area (Å²) in [5.74, 6) is -0.673. The van der Waals surface area contributed by atoms with Crippen molar-refractivity contribution in [2.45, 2.75) is 25.4 Å². The minimum atomic E-state index is -4.67. The number of anilines is 4. The van der Waals surface area contributed by atoms with Gasteiger partial charge in [-0.1, -0.05) is 24.8 Å². The van der Waals surface area contributed by atoms with Crippen molar-refractivity contribution in [1.29, 1.82) is 0 Å². The van der Waals surface area contributed by atoms with E-state index < -0.39 is 23.6 Å². The Kier molecular flexibility index (Phi) is 10.7. The average Bonchev–Trinajstić information content (AvgIpc) is 2.94. The van der Waals surface area contributed by atoms with Gasteiger partial charge in [-0.25, -0.2) is 9.97 Å². The molecule has 1 atom stereocenters. The molecule has 212 valence electrons. The number of benzene rings is 2. The number of carbonyl (C=O) groups is 1. The molecule has 3 rings (SSSR count). The number of hydrogen-bond donors (Lipinski definition) is 3. The van der Waals surface area contributed by atoms with Crippen molar-refractivity contribution in [3.05, 3.63) is 90.8 Å². The molecule has 8 nitrogen and oxygen atoms in total. The van der Waals surface area contributed by atoms with Crippen molar-refractivity contribution in [3.63, 3.8) is 0 Å². The van der Waals surface area contributed by atoms with Crippen LogP contribution in [0, 0.1) is 0 Å². The van der Waals surface area contributed by atoms with Gasteiger partial charge in [0.2, 0.25) is 11.9 Å². The van der Waals surface area contributed by atoms with Gasteiger partial charge in [0, 0.05) is 42.7 Å². The number of nitrogens with one attached hydrogen (secondary N) is 3. The van der Waals surface area contributed by atoms with E-state index in [1.165, 1.54) is 13.2 Å². The van der Waals surface area contributed by atoms with Crippen LogP contribution in [0.2, 0.25) is 0 Å². The third-order valence-electron chi connectivity index (χ3n) is 5.82. The molecule has 0 fully saturated rings. The van der Waals surface area contributed by atoms with Gasteiger partial charge in [-0.15, -0.1) is 6.58 Å². The predicted molar refractivity (Wildman–Crippen MR) is 150 cm³/mol. The molecule has 0 saturated heterocycles. The number of nitrogens with zero attached hydrogens (tertiary/aromatic N) is 2. The number of hydrogen-bond acceptors (Lipinski definition) is 7. The zero-order valence-corrected chi connectivity index (χ0v) is 22.3. The van der Waals surface area contributed by atoms with Crippen molar-refractivity contribution < 1.29 is 27.4 Å². The van der Waals surface area contributed by atoms with Crippen LogP contribution < -0.4 is 20.7 Å². The van der Waals surface area contributed by atoms with E-state index in [2.05, 4.69) is 39.1 Å². The van der Waals surface area contributed by atoms with Crippen LogP contribution in [0.5, 0.6) is 5.75 Å². The molecule has 11 heteroatoms. The highest BCUT2D eigenvalue weighted by Gasteiger charge is 2.36.